The molecule has 5 heteroatoms. The molecule has 4 nitrogen and oxygen atoms in total. The maximum atomic E-state index is 8.51. The van der Waals surface area contributed by atoms with Gasteiger partial charge >= 0.3 is 0 Å². The third-order valence-electron chi connectivity index (χ3n) is 1.54. The molecule has 0 unspecified atom stereocenters. The lowest BCUT2D eigenvalue weighted by Crippen LogP contribution is -2.14. The minimum absolute atomic E-state index is 0.363. The van der Waals surface area contributed by atoms with Crippen molar-refractivity contribution >= 4 is 11.8 Å². The molecule has 0 aliphatic rings. The first-order valence-electron chi connectivity index (χ1n) is 4.23. The highest BCUT2D eigenvalue weighted by molar-refractivity contribution is 7.99. The van der Waals surface area contributed by atoms with Crippen LogP contribution in [0.15, 0.2) is 17.2 Å². The lowest BCUT2D eigenvalue weighted by atomic mass is 10.4. The van der Waals surface area contributed by atoms with E-state index in [1.807, 2.05) is 26.2 Å². The normalized spacial score (nSPS) is 10.1. The van der Waals surface area contributed by atoms with Crippen LogP contribution in [0.3, 0.4) is 0 Å². The van der Waals surface area contributed by atoms with Crippen LogP contribution in [0.25, 0.3) is 0 Å². The predicted molar refractivity (Wildman–Crippen MR) is 56.0 cm³/mol. The molecule has 0 N–H and O–H groups in total. The minimum Gasteiger partial charge on any atom is -0.309 e. The SMILES string of the molecule is CN(C)CCSc1ccc(C#N)nn1. The standard InChI is InChI=1S/C9H12N4S/c1-13(2)5-6-14-9-4-3-8(7-10)11-12-9/h3-4H,5-6H2,1-2H3. The topological polar surface area (TPSA) is 52.8 Å². The van der Waals surface area contributed by atoms with Gasteiger partial charge in [-0.1, -0.05) is 0 Å². The Morgan fingerprint density at radius 1 is 1.43 bits per heavy atom. The van der Waals surface area contributed by atoms with Crippen LogP contribution in [-0.2, 0) is 0 Å². The van der Waals surface area contributed by atoms with Crippen molar-refractivity contribution in [1.82, 2.24) is 15.1 Å². The molecule has 1 aromatic heterocycles. The number of hydrogen-bond acceptors (Lipinski definition) is 5. The first kappa shape index (κ1) is 11.0. The number of nitriles is 1. The summed E-state index contributed by atoms with van der Waals surface area (Å²) in [5, 5.41) is 17.0. The zero-order valence-corrected chi connectivity index (χ0v) is 9.08. The van der Waals surface area contributed by atoms with Crippen LogP contribution in [0.1, 0.15) is 5.69 Å². The summed E-state index contributed by atoms with van der Waals surface area (Å²) in [5.41, 5.74) is 0.363. The molecule has 0 saturated carbocycles. The highest BCUT2D eigenvalue weighted by Gasteiger charge is 1.98. The molecule has 0 spiro atoms. The molecule has 74 valence electrons. The Labute approximate surface area is 87.9 Å². The summed E-state index contributed by atoms with van der Waals surface area (Å²) in [6.45, 7) is 1.01. The molecule has 0 atom stereocenters. The fourth-order valence-corrected chi connectivity index (χ4v) is 1.72. The maximum Gasteiger partial charge on any atom is 0.163 e. The molecule has 1 heterocycles. The van der Waals surface area contributed by atoms with E-state index in [0.717, 1.165) is 17.3 Å². The molecule has 0 radical (unpaired) electrons. The maximum absolute atomic E-state index is 8.51. The highest BCUT2D eigenvalue weighted by atomic mass is 32.2. The summed E-state index contributed by atoms with van der Waals surface area (Å²) in [7, 11) is 4.07. The van der Waals surface area contributed by atoms with Gasteiger partial charge in [0, 0.05) is 12.3 Å². The summed E-state index contributed by atoms with van der Waals surface area (Å²) >= 11 is 1.64. The Morgan fingerprint density at radius 2 is 2.21 bits per heavy atom. The Kier molecular flexibility index (Phi) is 4.36. The van der Waals surface area contributed by atoms with Crippen molar-refractivity contribution in [3.8, 4) is 6.07 Å². The predicted octanol–water partition coefficient (Wildman–Crippen LogP) is 1.00. The van der Waals surface area contributed by atoms with Crippen LogP contribution in [0.2, 0.25) is 0 Å². The zero-order chi connectivity index (χ0) is 10.4. The van der Waals surface area contributed by atoms with Gasteiger partial charge in [0.15, 0.2) is 5.69 Å². The van der Waals surface area contributed by atoms with Gasteiger partial charge in [-0.3, -0.25) is 0 Å². The van der Waals surface area contributed by atoms with Gasteiger partial charge in [0.1, 0.15) is 11.1 Å². The van der Waals surface area contributed by atoms with Crippen molar-refractivity contribution in [3.63, 3.8) is 0 Å². The fraction of sp³-hybridized carbons (Fsp3) is 0.444. The second-order valence-corrected chi connectivity index (χ2v) is 4.14. The van der Waals surface area contributed by atoms with Crippen LogP contribution in [0.4, 0.5) is 0 Å². The van der Waals surface area contributed by atoms with Gasteiger partial charge in [0.2, 0.25) is 0 Å². The van der Waals surface area contributed by atoms with E-state index < -0.39 is 0 Å². The third kappa shape index (κ3) is 3.73. The summed E-state index contributed by atoms with van der Waals surface area (Å²) in [4.78, 5) is 2.12. The van der Waals surface area contributed by atoms with Crippen LogP contribution in [0.5, 0.6) is 0 Å². The summed E-state index contributed by atoms with van der Waals surface area (Å²) < 4.78 is 0. The molecule has 0 amide bonds. The van der Waals surface area contributed by atoms with Crippen LogP contribution < -0.4 is 0 Å². The van der Waals surface area contributed by atoms with Crippen molar-refractivity contribution in [2.75, 3.05) is 26.4 Å². The largest absolute Gasteiger partial charge is 0.309 e. The number of aromatic nitrogens is 2. The van der Waals surface area contributed by atoms with Crippen molar-refractivity contribution < 1.29 is 0 Å². The van der Waals surface area contributed by atoms with Crippen LogP contribution in [-0.4, -0.2) is 41.5 Å². The van der Waals surface area contributed by atoms with E-state index in [9.17, 15) is 0 Å². The van der Waals surface area contributed by atoms with Gasteiger partial charge < -0.3 is 4.90 Å². The average molecular weight is 208 g/mol. The van der Waals surface area contributed by atoms with Gasteiger partial charge in [-0.15, -0.1) is 22.0 Å². The molecule has 0 saturated heterocycles. The van der Waals surface area contributed by atoms with E-state index in [1.165, 1.54) is 0 Å². The smallest absolute Gasteiger partial charge is 0.163 e. The average Bonchev–Trinajstić information content (AvgIpc) is 2.18. The van der Waals surface area contributed by atoms with Gasteiger partial charge in [-0.05, 0) is 26.2 Å². The number of rotatable bonds is 4. The van der Waals surface area contributed by atoms with Crippen molar-refractivity contribution in [2.24, 2.45) is 0 Å². The van der Waals surface area contributed by atoms with Crippen molar-refractivity contribution in [2.45, 2.75) is 5.03 Å². The molecule has 0 aliphatic carbocycles. The molecule has 0 fully saturated rings. The molecular formula is C9H12N4S. The third-order valence-corrected chi connectivity index (χ3v) is 2.44. The molecule has 1 aromatic rings. The molecule has 1 rings (SSSR count). The second kappa shape index (κ2) is 5.58. The quantitative estimate of drug-likeness (QED) is 0.691. The second-order valence-electron chi connectivity index (χ2n) is 3.02. The van der Waals surface area contributed by atoms with Gasteiger partial charge in [0.25, 0.3) is 0 Å². The first-order chi connectivity index (χ1) is 6.72. The summed E-state index contributed by atoms with van der Waals surface area (Å²) in [5.74, 6) is 0.980. The Balaban J connectivity index is 2.41. The van der Waals surface area contributed by atoms with E-state index in [0.29, 0.717) is 5.69 Å². The Morgan fingerprint density at radius 3 is 2.71 bits per heavy atom. The fourth-order valence-electron chi connectivity index (χ4n) is 0.789. The van der Waals surface area contributed by atoms with Gasteiger partial charge in [-0.25, -0.2) is 0 Å². The number of nitrogens with zero attached hydrogens (tertiary/aromatic N) is 4. The van der Waals surface area contributed by atoms with E-state index in [2.05, 4.69) is 15.1 Å². The lowest BCUT2D eigenvalue weighted by molar-refractivity contribution is 0.437. The molecule has 0 aliphatic heterocycles. The first-order valence-corrected chi connectivity index (χ1v) is 5.22. The van der Waals surface area contributed by atoms with E-state index >= 15 is 0 Å². The van der Waals surface area contributed by atoms with E-state index in [-0.39, 0.29) is 0 Å². The van der Waals surface area contributed by atoms with E-state index in [1.54, 1.807) is 17.8 Å². The van der Waals surface area contributed by atoms with Gasteiger partial charge in [0.05, 0.1) is 0 Å². The monoisotopic (exact) mass is 208 g/mol. The summed E-state index contributed by atoms with van der Waals surface area (Å²) in [6.07, 6.45) is 0. The molecular weight excluding hydrogens is 196 g/mol. The lowest BCUT2D eigenvalue weighted by Gasteiger charge is -2.07. The molecule has 0 aromatic carbocycles. The highest BCUT2D eigenvalue weighted by Crippen LogP contribution is 2.13. The van der Waals surface area contributed by atoms with Crippen molar-refractivity contribution in [3.05, 3.63) is 17.8 Å². The number of hydrogen-bond donors (Lipinski definition) is 0. The molecule has 0 bridgehead atoms. The Bertz CT molecular complexity index is 315. The Hall–Kier alpha value is -1.12. The van der Waals surface area contributed by atoms with Crippen LogP contribution >= 0.6 is 11.8 Å². The van der Waals surface area contributed by atoms with Gasteiger partial charge in [-0.2, -0.15) is 5.26 Å². The number of thioether (sulfide) groups is 1. The zero-order valence-electron chi connectivity index (χ0n) is 8.27. The molecule has 14 heavy (non-hydrogen) atoms. The minimum atomic E-state index is 0.363. The van der Waals surface area contributed by atoms with Crippen LogP contribution in [0, 0.1) is 11.3 Å². The summed E-state index contributed by atoms with van der Waals surface area (Å²) in [6, 6.07) is 5.45. The van der Waals surface area contributed by atoms with E-state index in [4.69, 9.17) is 5.26 Å². The van der Waals surface area contributed by atoms with Crippen molar-refractivity contribution in [1.29, 1.82) is 5.26 Å².